The Morgan fingerprint density at radius 3 is 3.07 bits per heavy atom. The molecule has 1 aromatic rings. The van der Waals surface area contributed by atoms with Crippen LogP contribution in [0.15, 0.2) is 12.4 Å². The molecule has 0 radical (unpaired) electrons. The highest BCUT2D eigenvalue weighted by atomic mass is 32.2. The van der Waals surface area contributed by atoms with Crippen LogP contribution < -0.4 is 5.32 Å². The maximum Gasteiger partial charge on any atom is 0.203 e. The first kappa shape index (κ1) is 10.9. The van der Waals surface area contributed by atoms with Gasteiger partial charge in [0.05, 0.1) is 0 Å². The molecular formula is C11H19N3S. The maximum absolute atomic E-state index is 4.39. The molecule has 1 atom stereocenters. The number of imidazole rings is 1. The third-order valence-electron chi connectivity index (χ3n) is 2.80. The Balaban J connectivity index is 2.06. The molecule has 1 fully saturated rings. The van der Waals surface area contributed by atoms with Crippen LogP contribution in [0.5, 0.6) is 0 Å². The van der Waals surface area contributed by atoms with Crippen LogP contribution in [0.2, 0.25) is 0 Å². The first-order valence-corrected chi connectivity index (χ1v) is 7.02. The maximum atomic E-state index is 4.39. The molecule has 0 spiro atoms. The highest BCUT2D eigenvalue weighted by molar-refractivity contribution is 7.98. The van der Waals surface area contributed by atoms with Crippen LogP contribution in [0, 0.1) is 0 Å². The number of rotatable bonds is 6. The van der Waals surface area contributed by atoms with Gasteiger partial charge >= 0.3 is 0 Å². The molecule has 0 amide bonds. The molecule has 0 aliphatic heterocycles. The van der Waals surface area contributed by atoms with Gasteiger partial charge in [0.2, 0.25) is 5.95 Å². The summed E-state index contributed by atoms with van der Waals surface area (Å²) in [7, 11) is 0. The lowest BCUT2D eigenvalue weighted by molar-refractivity contribution is 0.544. The Kier molecular flexibility index (Phi) is 3.57. The SMILES string of the molecule is CCC(CSC)n1ccnc1NC1CC1. The lowest BCUT2D eigenvalue weighted by Crippen LogP contribution is -2.15. The minimum Gasteiger partial charge on any atom is -0.353 e. The number of thioether (sulfide) groups is 1. The van der Waals surface area contributed by atoms with E-state index in [1.54, 1.807) is 0 Å². The molecule has 2 rings (SSSR count). The molecule has 0 aromatic carbocycles. The monoisotopic (exact) mass is 225 g/mol. The largest absolute Gasteiger partial charge is 0.353 e. The lowest BCUT2D eigenvalue weighted by Gasteiger charge is -2.18. The lowest BCUT2D eigenvalue weighted by atomic mass is 10.2. The van der Waals surface area contributed by atoms with Gasteiger partial charge in [0.15, 0.2) is 0 Å². The Morgan fingerprint density at radius 1 is 1.67 bits per heavy atom. The van der Waals surface area contributed by atoms with Gasteiger partial charge in [0.25, 0.3) is 0 Å². The van der Waals surface area contributed by atoms with Crippen LogP contribution >= 0.6 is 11.8 Å². The van der Waals surface area contributed by atoms with E-state index in [2.05, 4.69) is 34.2 Å². The quantitative estimate of drug-likeness (QED) is 0.807. The number of nitrogens with one attached hydrogen (secondary N) is 1. The van der Waals surface area contributed by atoms with Gasteiger partial charge < -0.3 is 9.88 Å². The summed E-state index contributed by atoms with van der Waals surface area (Å²) >= 11 is 1.90. The van der Waals surface area contributed by atoms with Gasteiger partial charge in [-0.25, -0.2) is 4.98 Å². The van der Waals surface area contributed by atoms with Gasteiger partial charge in [-0.3, -0.25) is 0 Å². The van der Waals surface area contributed by atoms with Crippen molar-refractivity contribution in [3.05, 3.63) is 12.4 Å². The molecule has 4 heteroatoms. The summed E-state index contributed by atoms with van der Waals surface area (Å²) in [6.07, 6.45) is 9.91. The minimum atomic E-state index is 0.573. The fourth-order valence-corrected chi connectivity index (χ4v) is 2.50. The van der Waals surface area contributed by atoms with Gasteiger partial charge in [-0.05, 0) is 25.5 Å². The summed E-state index contributed by atoms with van der Waals surface area (Å²) < 4.78 is 2.29. The van der Waals surface area contributed by atoms with Crippen molar-refractivity contribution < 1.29 is 0 Å². The fraction of sp³-hybridized carbons (Fsp3) is 0.727. The molecule has 1 heterocycles. The Hall–Kier alpha value is -0.640. The van der Waals surface area contributed by atoms with Crippen LogP contribution in [-0.4, -0.2) is 27.6 Å². The second-order valence-corrected chi connectivity index (χ2v) is 5.00. The zero-order valence-electron chi connectivity index (χ0n) is 9.44. The molecule has 84 valence electrons. The molecule has 0 bridgehead atoms. The molecule has 1 aromatic heterocycles. The zero-order chi connectivity index (χ0) is 10.7. The van der Waals surface area contributed by atoms with Gasteiger partial charge in [0.1, 0.15) is 0 Å². The summed E-state index contributed by atoms with van der Waals surface area (Å²) in [6, 6.07) is 1.25. The van der Waals surface area contributed by atoms with Crippen LogP contribution in [0.4, 0.5) is 5.95 Å². The molecule has 1 saturated carbocycles. The second kappa shape index (κ2) is 4.92. The summed E-state index contributed by atoms with van der Waals surface area (Å²) in [5.41, 5.74) is 0. The summed E-state index contributed by atoms with van der Waals surface area (Å²) in [4.78, 5) is 4.39. The van der Waals surface area contributed by atoms with Crippen molar-refractivity contribution in [2.75, 3.05) is 17.3 Å². The normalized spacial score (nSPS) is 17.7. The average Bonchev–Trinajstić information content (AvgIpc) is 2.93. The van der Waals surface area contributed by atoms with Crippen molar-refractivity contribution in [3.63, 3.8) is 0 Å². The Morgan fingerprint density at radius 2 is 2.47 bits per heavy atom. The molecule has 0 saturated heterocycles. The molecule has 1 aliphatic rings. The van der Waals surface area contributed by atoms with E-state index >= 15 is 0 Å². The standard InChI is InChI=1S/C11H19N3S/c1-3-10(8-15-2)14-7-6-12-11(14)13-9-4-5-9/h6-7,9-10H,3-5,8H2,1-2H3,(H,12,13). The van der Waals surface area contributed by atoms with Gasteiger partial charge in [-0.2, -0.15) is 11.8 Å². The van der Waals surface area contributed by atoms with E-state index in [4.69, 9.17) is 0 Å². The van der Waals surface area contributed by atoms with Gasteiger partial charge in [-0.1, -0.05) is 6.92 Å². The number of hydrogen-bond acceptors (Lipinski definition) is 3. The van der Waals surface area contributed by atoms with Crippen molar-refractivity contribution in [1.29, 1.82) is 0 Å². The highest BCUT2D eigenvalue weighted by Crippen LogP contribution is 2.26. The number of nitrogens with zero attached hydrogens (tertiary/aromatic N) is 2. The van der Waals surface area contributed by atoms with Crippen LogP contribution in [-0.2, 0) is 0 Å². The van der Waals surface area contributed by atoms with E-state index in [1.165, 1.54) is 12.8 Å². The van der Waals surface area contributed by atoms with E-state index in [0.717, 1.165) is 18.1 Å². The first-order chi connectivity index (χ1) is 7.35. The number of anilines is 1. The second-order valence-electron chi connectivity index (χ2n) is 4.09. The van der Waals surface area contributed by atoms with E-state index < -0.39 is 0 Å². The van der Waals surface area contributed by atoms with Crippen molar-refractivity contribution in [2.24, 2.45) is 0 Å². The average molecular weight is 225 g/mol. The van der Waals surface area contributed by atoms with E-state index in [-0.39, 0.29) is 0 Å². The Labute approximate surface area is 95.7 Å². The predicted molar refractivity (Wildman–Crippen MR) is 66.6 cm³/mol. The van der Waals surface area contributed by atoms with E-state index in [9.17, 15) is 0 Å². The third kappa shape index (κ3) is 2.68. The third-order valence-corrected chi connectivity index (χ3v) is 3.52. The smallest absolute Gasteiger partial charge is 0.203 e. The summed E-state index contributed by atoms with van der Waals surface area (Å²) in [5.74, 6) is 2.21. The van der Waals surface area contributed by atoms with E-state index in [1.807, 2.05) is 18.0 Å². The number of aromatic nitrogens is 2. The highest BCUT2D eigenvalue weighted by Gasteiger charge is 2.23. The molecule has 3 nitrogen and oxygen atoms in total. The molecule has 1 aliphatic carbocycles. The Bertz CT molecular complexity index is 307. The van der Waals surface area contributed by atoms with Crippen LogP contribution in [0.25, 0.3) is 0 Å². The molecular weight excluding hydrogens is 206 g/mol. The summed E-state index contributed by atoms with van der Waals surface area (Å²) in [5, 5.41) is 3.48. The fourth-order valence-electron chi connectivity index (χ4n) is 1.72. The predicted octanol–water partition coefficient (Wildman–Crippen LogP) is 2.77. The van der Waals surface area contributed by atoms with E-state index in [0.29, 0.717) is 12.1 Å². The molecule has 1 N–H and O–H groups in total. The van der Waals surface area contributed by atoms with Crippen molar-refractivity contribution >= 4 is 17.7 Å². The van der Waals surface area contributed by atoms with Crippen LogP contribution in [0.3, 0.4) is 0 Å². The van der Waals surface area contributed by atoms with Crippen molar-refractivity contribution in [3.8, 4) is 0 Å². The molecule has 15 heavy (non-hydrogen) atoms. The topological polar surface area (TPSA) is 29.9 Å². The molecule has 1 unspecified atom stereocenters. The van der Waals surface area contributed by atoms with Gasteiger partial charge in [-0.15, -0.1) is 0 Å². The minimum absolute atomic E-state index is 0.573. The number of hydrogen-bond donors (Lipinski definition) is 1. The first-order valence-electron chi connectivity index (χ1n) is 5.63. The van der Waals surface area contributed by atoms with Crippen LogP contribution in [0.1, 0.15) is 32.2 Å². The zero-order valence-corrected chi connectivity index (χ0v) is 10.3. The van der Waals surface area contributed by atoms with Gasteiger partial charge in [0, 0.05) is 30.2 Å². The van der Waals surface area contributed by atoms with Crippen molar-refractivity contribution in [2.45, 2.75) is 38.3 Å². The summed E-state index contributed by atoms with van der Waals surface area (Å²) in [6.45, 7) is 2.24. The van der Waals surface area contributed by atoms with Crippen molar-refractivity contribution in [1.82, 2.24) is 9.55 Å².